The van der Waals surface area contributed by atoms with Gasteiger partial charge >= 0.3 is 5.97 Å². The SMILES string of the molecule is CCS(=O)(=O)N1CCC(C(=O)NCC(=O)OC)CC1. The lowest BCUT2D eigenvalue weighted by molar-refractivity contribution is -0.141. The summed E-state index contributed by atoms with van der Waals surface area (Å²) in [5.41, 5.74) is 0. The molecule has 0 spiro atoms. The van der Waals surface area contributed by atoms with E-state index in [1.807, 2.05) is 0 Å². The monoisotopic (exact) mass is 292 g/mol. The maximum absolute atomic E-state index is 11.8. The van der Waals surface area contributed by atoms with Crippen LogP contribution in [0.5, 0.6) is 0 Å². The first-order valence-corrected chi connectivity index (χ1v) is 7.84. The molecule has 1 aliphatic heterocycles. The Morgan fingerprint density at radius 2 is 1.89 bits per heavy atom. The van der Waals surface area contributed by atoms with Gasteiger partial charge in [0, 0.05) is 19.0 Å². The van der Waals surface area contributed by atoms with E-state index in [0.717, 1.165) is 0 Å². The van der Waals surface area contributed by atoms with Crippen LogP contribution in [0.25, 0.3) is 0 Å². The number of carbonyl (C=O) groups is 2. The molecule has 0 saturated carbocycles. The third kappa shape index (κ3) is 4.46. The number of nitrogens with one attached hydrogen (secondary N) is 1. The lowest BCUT2D eigenvalue weighted by atomic mass is 9.97. The van der Waals surface area contributed by atoms with Crippen LogP contribution in [0.3, 0.4) is 0 Å². The maximum Gasteiger partial charge on any atom is 0.325 e. The number of ether oxygens (including phenoxy) is 1. The lowest BCUT2D eigenvalue weighted by Gasteiger charge is -2.30. The van der Waals surface area contributed by atoms with E-state index in [9.17, 15) is 18.0 Å². The minimum atomic E-state index is -3.17. The van der Waals surface area contributed by atoms with Gasteiger partial charge in [-0.2, -0.15) is 0 Å². The number of carbonyl (C=O) groups excluding carboxylic acids is 2. The Morgan fingerprint density at radius 3 is 2.37 bits per heavy atom. The van der Waals surface area contributed by atoms with Gasteiger partial charge in [-0.1, -0.05) is 0 Å². The van der Waals surface area contributed by atoms with Gasteiger partial charge in [0.05, 0.1) is 12.9 Å². The van der Waals surface area contributed by atoms with Crippen LogP contribution in [-0.2, 0) is 24.3 Å². The Morgan fingerprint density at radius 1 is 1.32 bits per heavy atom. The summed E-state index contributed by atoms with van der Waals surface area (Å²) in [5.74, 6) is -0.891. The molecule has 0 aromatic carbocycles. The fourth-order valence-electron chi connectivity index (χ4n) is 1.95. The summed E-state index contributed by atoms with van der Waals surface area (Å²) in [7, 11) is -1.92. The second-order valence-electron chi connectivity index (χ2n) is 4.37. The van der Waals surface area contributed by atoms with Crippen LogP contribution in [0.4, 0.5) is 0 Å². The number of esters is 1. The van der Waals surface area contributed by atoms with Crippen LogP contribution < -0.4 is 5.32 Å². The highest BCUT2D eigenvalue weighted by atomic mass is 32.2. The predicted molar refractivity (Wildman–Crippen MR) is 68.8 cm³/mol. The fraction of sp³-hybridized carbons (Fsp3) is 0.818. The van der Waals surface area contributed by atoms with E-state index < -0.39 is 16.0 Å². The topological polar surface area (TPSA) is 92.8 Å². The molecule has 1 N–H and O–H groups in total. The molecular weight excluding hydrogens is 272 g/mol. The molecule has 0 unspecified atom stereocenters. The van der Waals surface area contributed by atoms with E-state index >= 15 is 0 Å². The van der Waals surface area contributed by atoms with Crippen molar-refractivity contribution in [3.63, 3.8) is 0 Å². The third-order valence-corrected chi connectivity index (χ3v) is 5.10. The van der Waals surface area contributed by atoms with Gasteiger partial charge in [-0.3, -0.25) is 9.59 Å². The number of amides is 1. The Hall–Kier alpha value is -1.15. The average molecular weight is 292 g/mol. The standard InChI is InChI=1S/C11H20N2O5S/c1-3-19(16,17)13-6-4-9(5-7-13)11(15)12-8-10(14)18-2/h9H,3-8H2,1-2H3,(H,12,15). The second kappa shape index (κ2) is 6.85. The zero-order valence-corrected chi connectivity index (χ0v) is 12.0. The van der Waals surface area contributed by atoms with Gasteiger partial charge in [-0.05, 0) is 19.8 Å². The highest BCUT2D eigenvalue weighted by Gasteiger charge is 2.30. The van der Waals surface area contributed by atoms with Crippen molar-refractivity contribution in [3.05, 3.63) is 0 Å². The van der Waals surface area contributed by atoms with Crippen LogP contribution in [0.2, 0.25) is 0 Å². The van der Waals surface area contributed by atoms with Crippen LogP contribution in [-0.4, -0.2) is 57.1 Å². The van der Waals surface area contributed by atoms with Crippen molar-refractivity contribution >= 4 is 21.9 Å². The number of hydrogen-bond acceptors (Lipinski definition) is 5. The summed E-state index contributed by atoms with van der Waals surface area (Å²) in [6, 6.07) is 0. The Labute approximate surface area is 113 Å². The molecule has 8 heteroatoms. The largest absolute Gasteiger partial charge is 0.468 e. The first-order chi connectivity index (χ1) is 8.90. The van der Waals surface area contributed by atoms with Gasteiger partial charge in [0.15, 0.2) is 0 Å². The Balaban J connectivity index is 2.41. The van der Waals surface area contributed by atoms with E-state index in [2.05, 4.69) is 10.1 Å². The summed E-state index contributed by atoms with van der Waals surface area (Å²) in [4.78, 5) is 22.7. The molecule has 110 valence electrons. The van der Waals surface area contributed by atoms with E-state index in [4.69, 9.17) is 0 Å². The van der Waals surface area contributed by atoms with Gasteiger partial charge in [0.2, 0.25) is 15.9 Å². The summed E-state index contributed by atoms with van der Waals surface area (Å²) in [5, 5.41) is 2.49. The van der Waals surface area contributed by atoms with Crippen molar-refractivity contribution in [2.24, 2.45) is 5.92 Å². The van der Waals surface area contributed by atoms with Crippen LogP contribution in [0.1, 0.15) is 19.8 Å². The molecular formula is C11H20N2O5S. The van der Waals surface area contributed by atoms with Crippen molar-refractivity contribution in [1.29, 1.82) is 0 Å². The van der Waals surface area contributed by atoms with E-state index in [-0.39, 0.29) is 24.1 Å². The minimum absolute atomic E-state index is 0.0756. The number of rotatable bonds is 5. The molecule has 0 aliphatic carbocycles. The van der Waals surface area contributed by atoms with E-state index in [1.54, 1.807) is 6.92 Å². The second-order valence-corrected chi connectivity index (χ2v) is 6.63. The maximum atomic E-state index is 11.8. The lowest BCUT2D eigenvalue weighted by Crippen LogP contribution is -2.44. The molecule has 0 aromatic heterocycles. The fourth-order valence-corrected chi connectivity index (χ4v) is 3.09. The quantitative estimate of drug-likeness (QED) is 0.679. The van der Waals surface area contributed by atoms with Crippen LogP contribution >= 0.6 is 0 Å². The predicted octanol–water partition coefficient (Wildman–Crippen LogP) is -0.663. The average Bonchev–Trinajstić information content (AvgIpc) is 2.44. The normalized spacial score (nSPS) is 18.0. The molecule has 0 atom stereocenters. The zero-order valence-electron chi connectivity index (χ0n) is 11.2. The van der Waals surface area contributed by atoms with Crippen molar-refractivity contribution in [2.45, 2.75) is 19.8 Å². The number of hydrogen-bond donors (Lipinski definition) is 1. The van der Waals surface area contributed by atoms with Gasteiger partial charge in [-0.15, -0.1) is 0 Å². The van der Waals surface area contributed by atoms with Crippen molar-refractivity contribution < 1.29 is 22.7 Å². The molecule has 1 saturated heterocycles. The van der Waals surface area contributed by atoms with Gasteiger partial charge in [-0.25, -0.2) is 12.7 Å². The molecule has 0 bridgehead atoms. The van der Waals surface area contributed by atoms with Crippen LogP contribution in [0, 0.1) is 5.92 Å². The summed E-state index contributed by atoms with van der Waals surface area (Å²) < 4.78 is 29.1. The van der Waals surface area contributed by atoms with Gasteiger partial charge in [0.25, 0.3) is 0 Å². The number of piperidine rings is 1. The summed E-state index contributed by atoms with van der Waals surface area (Å²) >= 11 is 0. The molecule has 19 heavy (non-hydrogen) atoms. The van der Waals surface area contributed by atoms with E-state index in [0.29, 0.717) is 25.9 Å². The molecule has 1 heterocycles. The molecule has 1 rings (SSSR count). The summed E-state index contributed by atoms with van der Waals surface area (Å²) in [6.45, 7) is 2.16. The van der Waals surface area contributed by atoms with Crippen molar-refractivity contribution in [2.75, 3.05) is 32.5 Å². The molecule has 0 radical (unpaired) electrons. The highest BCUT2D eigenvalue weighted by molar-refractivity contribution is 7.89. The molecule has 1 amide bonds. The minimum Gasteiger partial charge on any atom is -0.468 e. The zero-order chi connectivity index (χ0) is 14.5. The number of nitrogens with zero attached hydrogens (tertiary/aromatic N) is 1. The molecule has 7 nitrogen and oxygen atoms in total. The van der Waals surface area contributed by atoms with Crippen LogP contribution in [0.15, 0.2) is 0 Å². The molecule has 1 fully saturated rings. The highest BCUT2D eigenvalue weighted by Crippen LogP contribution is 2.19. The number of methoxy groups -OCH3 is 1. The first kappa shape index (κ1) is 15.9. The molecule has 0 aromatic rings. The summed E-state index contributed by atoms with van der Waals surface area (Å²) in [6.07, 6.45) is 0.957. The third-order valence-electron chi connectivity index (χ3n) is 3.22. The van der Waals surface area contributed by atoms with Gasteiger partial charge < -0.3 is 10.1 Å². The van der Waals surface area contributed by atoms with Crippen molar-refractivity contribution in [3.8, 4) is 0 Å². The van der Waals surface area contributed by atoms with Gasteiger partial charge in [0.1, 0.15) is 6.54 Å². The first-order valence-electron chi connectivity index (χ1n) is 6.23. The van der Waals surface area contributed by atoms with E-state index in [1.165, 1.54) is 11.4 Å². The number of sulfonamides is 1. The smallest absolute Gasteiger partial charge is 0.325 e. The molecule has 1 aliphatic rings. The van der Waals surface area contributed by atoms with Crippen molar-refractivity contribution in [1.82, 2.24) is 9.62 Å². The Bertz CT molecular complexity index is 426. The Kier molecular flexibility index (Phi) is 5.74.